The largest absolute Gasteiger partial charge is 0.496 e. The first-order chi connectivity index (χ1) is 66.1. The molecule has 6 aliphatic heterocycles. The lowest BCUT2D eigenvalue weighted by Crippen LogP contribution is -2.38. The van der Waals surface area contributed by atoms with Crippen molar-refractivity contribution in [3.63, 3.8) is 0 Å². The SMILES string of the molecule is COc1ccc(-c2cc(C(=O)O)sc2C)cc1-c1ccc(N2CCC2)nc1CN1C(=O)O[C@H](c2cc(C)cc(C(F)(F)F)c2)[C@@H]1C.COc1ccc(-c2csc(C(=O)O)c2C)cc1-c1ccc(N2CCC2)nc1CN1C(=O)O[C@H](c2cc(C)cc(C(F)(F)F)c2)[C@@H]1C.COc1ccc(-c2csc(C(=O)O)c2OC)cc1-c1ccc(N2CCC2)nc1CN1C(=O)O[C@H](c2cc(C)cc(C(F)(F)F)c2)[C@@H]1C. The fraction of sp³-hybridized carbons (Fsp3) is 0.324. The molecule has 6 aliphatic rings. The topological polar surface area (TPSA) is 286 Å². The lowest BCUT2D eigenvalue weighted by atomic mass is 9.95. The monoisotopic (exact) mass is 1970 g/mol. The minimum absolute atomic E-state index is 0.0176. The van der Waals surface area contributed by atoms with Crippen LogP contribution in [0, 0.1) is 34.6 Å². The van der Waals surface area contributed by atoms with Gasteiger partial charge in [-0.05, 0) is 245 Å². The van der Waals surface area contributed by atoms with Crippen LogP contribution < -0.4 is 33.6 Å². The molecular formula is C102H96F9N9O16S3. The maximum Gasteiger partial charge on any atom is 0.416 e. The normalized spacial score (nSPS) is 17.9. The predicted molar refractivity (Wildman–Crippen MR) is 507 cm³/mol. The van der Waals surface area contributed by atoms with E-state index in [4.69, 9.17) is 48.1 Å². The highest BCUT2D eigenvalue weighted by Gasteiger charge is 2.47. The number of carbonyl (C=O) groups is 6. The molecule has 18 rings (SSSR count). The Morgan fingerprint density at radius 3 is 1.00 bits per heavy atom. The number of pyridine rings is 3. The van der Waals surface area contributed by atoms with E-state index in [2.05, 4.69) is 14.7 Å². The molecule has 37 heteroatoms. The van der Waals surface area contributed by atoms with Crippen molar-refractivity contribution in [1.82, 2.24) is 29.7 Å². The Morgan fingerprint density at radius 1 is 0.388 bits per heavy atom. The highest BCUT2D eigenvalue weighted by Crippen LogP contribution is 2.50. The summed E-state index contributed by atoms with van der Waals surface area (Å²) in [6.45, 7) is 18.8. The molecule has 139 heavy (non-hydrogen) atoms. The second-order valence-corrected chi connectivity index (χ2v) is 37.8. The average molecular weight is 1970 g/mol. The van der Waals surface area contributed by atoms with Crippen molar-refractivity contribution in [3.8, 4) is 89.8 Å². The number of halogens is 9. The molecule has 6 atom stereocenters. The van der Waals surface area contributed by atoms with E-state index in [0.717, 1.165) is 162 Å². The van der Waals surface area contributed by atoms with Crippen molar-refractivity contribution in [1.29, 1.82) is 0 Å². The number of aromatic nitrogens is 3. The first-order valence-corrected chi connectivity index (χ1v) is 47.0. The van der Waals surface area contributed by atoms with Crippen LogP contribution in [0.15, 0.2) is 162 Å². The smallest absolute Gasteiger partial charge is 0.416 e. The molecule has 6 aromatic carbocycles. The number of rotatable bonds is 25. The molecule has 25 nitrogen and oxygen atoms in total. The molecule has 6 saturated heterocycles. The van der Waals surface area contributed by atoms with Gasteiger partial charge in [0.25, 0.3) is 0 Å². The van der Waals surface area contributed by atoms with E-state index < -0.39 is 108 Å². The number of hydrogen-bond acceptors (Lipinski definition) is 22. The van der Waals surface area contributed by atoms with Gasteiger partial charge in [0.1, 0.15) is 62.8 Å². The van der Waals surface area contributed by atoms with E-state index in [1.54, 1.807) is 98.4 Å². The number of carboxylic acids is 3. The molecule has 6 aromatic heterocycles. The third-order valence-corrected chi connectivity index (χ3v) is 28.8. The fourth-order valence-corrected chi connectivity index (χ4v) is 20.8. The van der Waals surface area contributed by atoms with Gasteiger partial charge >= 0.3 is 54.7 Å². The van der Waals surface area contributed by atoms with Gasteiger partial charge < -0.3 is 63.2 Å². The zero-order chi connectivity index (χ0) is 99.4. The van der Waals surface area contributed by atoms with Crippen LogP contribution in [0.1, 0.15) is 165 Å². The number of carbonyl (C=O) groups excluding carboxylic acids is 3. The van der Waals surface area contributed by atoms with Crippen LogP contribution >= 0.6 is 34.0 Å². The molecule has 0 saturated carbocycles. The fourth-order valence-electron chi connectivity index (χ4n) is 18.1. The lowest BCUT2D eigenvalue weighted by molar-refractivity contribution is -0.138. The highest BCUT2D eigenvalue weighted by molar-refractivity contribution is 7.14. The molecule has 0 unspecified atom stereocenters. The van der Waals surface area contributed by atoms with Crippen LogP contribution in [0.2, 0.25) is 0 Å². The third kappa shape index (κ3) is 20.3. The molecule has 6 fully saturated rings. The van der Waals surface area contributed by atoms with Gasteiger partial charge in [-0.25, -0.2) is 43.7 Å². The summed E-state index contributed by atoms with van der Waals surface area (Å²) >= 11 is 3.42. The molecule has 12 heterocycles. The summed E-state index contributed by atoms with van der Waals surface area (Å²) in [6, 6.07) is 39.2. The number of aryl methyl sites for hydroxylation is 4. The Labute approximate surface area is 805 Å². The number of cyclic esters (lactones) is 3. The first-order valence-electron chi connectivity index (χ1n) is 44.4. The van der Waals surface area contributed by atoms with Crippen molar-refractivity contribution < 1.29 is 117 Å². The highest BCUT2D eigenvalue weighted by atomic mass is 32.1. The molecule has 0 radical (unpaired) electrons. The number of benzene rings is 6. The Bertz CT molecular complexity index is 6580. The molecule has 0 bridgehead atoms. The number of alkyl halides is 9. The van der Waals surface area contributed by atoms with E-state index in [9.17, 15) is 83.6 Å². The summed E-state index contributed by atoms with van der Waals surface area (Å²) in [6.07, 6.45) is -15.2. The quantitative estimate of drug-likeness (QED) is 0.0354. The number of thiophene rings is 3. The number of carboxylic acid groups (broad SMARTS) is 3. The molecule has 3 N–H and O–H groups in total. The summed E-state index contributed by atoms with van der Waals surface area (Å²) < 4.78 is 162. The van der Waals surface area contributed by atoms with Gasteiger partial charge in [0.05, 0.1) is 100.0 Å². The van der Waals surface area contributed by atoms with E-state index in [0.29, 0.717) is 101 Å². The third-order valence-electron chi connectivity index (χ3n) is 25.7. The molecule has 0 spiro atoms. The molecule has 726 valence electrons. The summed E-state index contributed by atoms with van der Waals surface area (Å²) in [4.78, 5) is 102. The first kappa shape index (κ1) is 98.1. The molecule has 0 aliphatic carbocycles. The van der Waals surface area contributed by atoms with Gasteiger partial charge in [0.15, 0.2) is 10.6 Å². The van der Waals surface area contributed by atoms with E-state index >= 15 is 0 Å². The number of nitrogens with zero attached hydrogens (tertiary/aromatic N) is 9. The number of amides is 3. The summed E-state index contributed by atoms with van der Waals surface area (Å²) in [7, 11) is 6.07. The van der Waals surface area contributed by atoms with Crippen molar-refractivity contribution in [2.75, 3.05) is 82.4 Å². The van der Waals surface area contributed by atoms with Crippen LogP contribution in [0.4, 0.5) is 71.4 Å². The Hall–Kier alpha value is -13.9. The van der Waals surface area contributed by atoms with Crippen LogP contribution in [0.3, 0.4) is 0 Å². The lowest BCUT2D eigenvalue weighted by Gasteiger charge is -2.33. The van der Waals surface area contributed by atoms with Gasteiger partial charge in [0.2, 0.25) is 0 Å². The van der Waals surface area contributed by atoms with Crippen LogP contribution in [-0.4, -0.2) is 167 Å². The van der Waals surface area contributed by atoms with Gasteiger partial charge in [-0.3, -0.25) is 14.7 Å². The minimum atomic E-state index is -4.54. The van der Waals surface area contributed by atoms with Gasteiger partial charge in [-0.15, -0.1) is 34.0 Å². The second kappa shape index (κ2) is 39.5. The zero-order valence-electron chi connectivity index (χ0n) is 77.3. The molecule has 3 amide bonds. The van der Waals surface area contributed by atoms with Gasteiger partial charge in [0, 0.05) is 88.5 Å². The molecular weight excluding hydrogens is 1870 g/mol. The van der Waals surface area contributed by atoms with Crippen LogP contribution in [0.25, 0.3) is 66.8 Å². The minimum Gasteiger partial charge on any atom is -0.496 e. The summed E-state index contributed by atoms with van der Waals surface area (Å²) in [5, 5.41) is 32.3. The summed E-state index contributed by atoms with van der Waals surface area (Å²) in [5.74, 6) is 1.06. The van der Waals surface area contributed by atoms with E-state index in [1.165, 1.54) is 40.3 Å². The Morgan fingerprint density at radius 2 is 0.712 bits per heavy atom. The maximum absolute atomic E-state index is 13.6. The Kier molecular flexibility index (Phi) is 27.9. The second-order valence-electron chi connectivity index (χ2n) is 34.8. The zero-order valence-corrected chi connectivity index (χ0v) is 79.8. The predicted octanol–water partition coefficient (Wildman–Crippen LogP) is 24.0. The standard InChI is InChI=1S/C34H32F3N3O6S.2C34H32F3N3O5S/c1-18-12-21(14-22(13-18)34(35,36)37)29-19(2)40(33(43)46-29)16-26-23(7-9-28(38-26)39-10-5-11-39)24-15-20(6-8-27(24)44-3)25-17-47-31(32(41)42)30(25)45-4;1-18-12-22(14-23(13-18)34(35,36)37)31-19(2)40(33(43)45-31)17-27-24(7-9-30(38-27)39-10-5-11-39)26-15-21(6-8-28(26)44-4)25-16-29(32(41)42)46-20(25)3;1-18-12-22(14-23(13-18)34(35,36)37)30-20(3)40(33(43)45-30)16-27-24(7-9-29(38-27)39-10-5-11-39)25-15-21(6-8-28(25)44-4)26-17-46-31(19(26)2)32(41)42/h6-9,12-15,17,19,29H,5,10-11,16H2,1-4H3,(H,41,42);6-9,12-16,19,31H,5,10-11,17H2,1-4H3,(H,41,42);6-9,12-15,17,20,30H,5,10-11,16H2,1-4H3,(H,41,42)/t19-,29-;19-,31-;20-,30-/m000/s1. The summed E-state index contributed by atoms with van der Waals surface area (Å²) in [5.41, 5.74) is 10.6. The van der Waals surface area contributed by atoms with Crippen LogP contribution in [-0.2, 0) is 52.4 Å². The van der Waals surface area contributed by atoms with Crippen LogP contribution in [0.5, 0.6) is 23.0 Å². The number of anilines is 3. The number of aromatic carboxylic acids is 3. The van der Waals surface area contributed by atoms with E-state index in [-0.39, 0.29) is 56.7 Å². The number of hydrogen-bond donors (Lipinski definition) is 3. The van der Waals surface area contributed by atoms with Gasteiger partial charge in [-0.2, -0.15) is 39.5 Å². The van der Waals surface area contributed by atoms with Crippen molar-refractivity contribution in [2.45, 2.75) is 149 Å². The van der Waals surface area contributed by atoms with Crippen molar-refractivity contribution in [2.24, 2.45) is 0 Å². The maximum atomic E-state index is 13.6. The molecule has 12 aromatic rings. The Balaban J connectivity index is 0.000000151. The number of methoxy groups -OCH3 is 4. The number of ether oxygens (including phenoxy) is 7. The average Bonchev–Trinajstić information content (AvgIpc) is 1.42. The van der Waals surface area contributed by atoms with Crippen molar-refractivity contribution in [3.05, 3.63) is 255 Å². The van der Waals surface area contributed by atoms with E-state index in [1.807, 2.05) is 97.2 Å². The van der Waals surface area contributed by atoms with Crippen molar-refractivity contribution >= 4 is 87.7 Å². The van der Waals surface area contributed by atoms with Gasteiger partial charge in [-0.1, -0.05) is 53.1 Å².